The summed E-state index contributed by atoms with van der Waals surface area (Å²) in [7, 11) is 0. The topological polar surface area (TPSA) is 50.7 Å². The van der Waals surface area contributed by atoms with E-state index in [4.69, 9.17) is 4.84 Å². The van der Waals surface area contributed by atoms with Crippen molar-refractivity contribution in [2.24, 2.45) is 11.1 Å². The van der Waals surface area contributed by atoms with Crippen LogP contribution in [0.2, 0.25) is 0 Å². The van der Waals surface area contributed by atoms with Crippen LogP contribution in [0.15, 0.2) is 29.4 Å². The van der Waals surface area contributed by atoms with Gasteiger partial charge in [-0.05, 0) is 49.3 Å². The van der Waals surface area contributed by atoms with Gasteiger partial charge in [0.2, 0.25) is 0 Å². The lowest BCUT2D eigenvalue weighted by Crippen LogP contribution is -2.39. The fourth-order valence-corrected chi connectivity index (χ4v) is 2.42. The van der Waals surface area contributed by atoms with Crippen LogP contribution < -0.4 is 5.32 Å². The number of hydrogen-bond donors (Lipinski definition) is 1. The van der Waals surface area contributed by atoms with Gasteiger partial charge in [-0.1, -0.05) is 24.2 Å². The van der Waals surface area contributed by atoms with Crippen LogP contribution in [0.25, 0.3) is 0 Å². The molecule has 1 fully saturated rings. The Morgan fingerprint density at radius 2 is 2.00 bits per heavy atom. The van der Waals surface area contributed by atoms with Crippen LogP contribution in [0, 0.1) is 11.7 Å². The first kappa shape index (κ1) is 15.5. The van der Waals surface area contributed by atoms with E-state index in [0.29, 0.717) is 0 Å². The van der Waals surface area contributed by atoms with Crippen LogP contribution in [0.1, 0.15) is 38.2 Å². The van der Waals surface area contributed by atoms with Crippen LogP contribution in [0.3, 0.4) is 0 Å². The van der Waals surface area contributed by atoms with Gasteiger partial charge in [-0.3, -0.25) is 4.79 Å². The highest BCUT2D eigenvalue weighted by atomic mass is 19.1. The second-order valence-electron chi connectivity index (χ2n) is 5.58. The average molecular weight is 292 g/mol. The van der Waals surface area contributed by atoms with Crippen LogP contribution in [0.4, 0.5) is 4.39 Å². The first-order chi connectivity index (χ1) is 10.1. The fraction of sp³-hybridized carbons (Fsp3) is 0.500. The summed E-state index contributed by atoms with van der Waals surface area (Å²) < 4.78 is 12.7. The van der Waals surface area contributed by atoms with Crippen LogP contribution >= 0.6 is 0 Å². The number of carbonyl (C=O) groups excluding carboxylic acids is 1. The molecule has 1 aromatic rings. The highest BCUT2D eigenvalue weighted by molar-refractivity contribution is 5.79. The van der Waals surface area contributed by atoms with Crippen LogP contribution in [0.5, 0.6) is 0 Å². The van der Waals surface area contributed by atoms with Crippen molar-refractivity contribution in [3.63, 3.8) is 0 Å². The Morgan fingerprint density at radius 1 is 1.33 bits per heavy atom. The molecule has 21 heavy (non-hydrogen) atoms. The molecule has 0 bridgehead atoms. The SMILES string of the molecule is CC1CCC(NC(=O)CO/N=C/c2ccc(F)cc2)CC1. The number of halogens is 1. The minimum absolute atomic E-state index is 0.0935. The van der Waals surface area contributed by atoms with E-state index < -0.39 is 0 Å². The summed E-state index contributed by atoms with van der Waals surface area (Å²) in [6, 6.07) is 6.13. The molecular weight excluding hydrogens is 271 g/mol. The minimum Gasteiger partial charge on any atom is -0.386 e. The van der Waals surface area contributed by atoms with Gasteiger partial charge in [0.05, 0.1) is 6.21 Å². The van der Waals surface area contributed by atoms with Crippen molar-refractivity contribution in [2.75, 3.05) is 6.61 Å². The smallest absolute Gasteiger partial charge is 0.260 e. The summed E-state index contributed by atoms with van der Waals surface area (Å²) in [6.45, 7) is 2.15. The molecule has 1 aromatic carbocycles. The maximum atomic E-state index is 12.7. The number of carbonyl (C=O) groups is 1. The molecule has 0 atom stereocenters. The van der Waals surface area contributed by atoms with Crippen molar-refractivity contribution in [3.8, 4) is 0 Å². The molecule has 0 spiro atoms. The molecule has 5 heteroatoms. The van der Waals surface area contributed by atoms with Gasteiger partial charge < -0.3 is 10.2 Å². The first-order valence-electron chi connectivity index (χ1n) is 7.34. The Morgan fingerprint density at radius 3 is 2.67 bits per heavy atom. The molecule has 2 rings (SSSR count). The molecule has 0 radical (unpaired) electrons. The zero-order valence-electron chi connectivity index (χ0n) is 12.2. The molecule has 1 aliphatic carbocycles. The molecular formula is C16H21FN2O2. The predicted molar refractivity (Wildman–Crippen MR) is 79.5 cm³/mol. The number of nitrogens with one attached hydrogen (secondary N) is 1. The lowest BCUT2D eigenvalue weighted by molar-refractivity contribution is -0.126. The number of oxime groups is 1. The lowest BCUT2D eigenvalue weighted by Gasteiger charge is -2.26. The third-order valence-electron chi connectivity index (χ3n) is 3.72. The largest absolute Gasteiger partial charge is 0.386 e. The number of amides is 1. The zero-order chi connectivity index (χ0) is 15.1. The molecule has 1 aliphatic rings. The molecule has 0 unspecified atom stereocenters. The second kappa shape index (κ2) is 7.76. The molecule has 114 valence electrons. The number of hydrogen-bond acceptors (Lipinski definition) is 3. The van der Waals surface area contributed by atoms with Gasteiger partial charge in [-0.15, -0.1) is 0 Å². The van der Waals surface area contributed by atoms with Gasteiger partial charge in [0.1, 0.15) is 5.82 Å². The molecule has 1 amide bonds. The van der Waals surface area contributed by atoms with Crippen LogP contribution in [-0.2, 0) is 9.63 Å². The van der Waals surface area contributed by atoms with E-state index in [1.54, 1.807) is 12.1 Å². The van der Waals surface area contributed by atoms with E-state index in [0.717, 1.165) is 37.2 Å². The third kappa shape index (κ3) is 5.53. The number of benzene rings is 1. The fourth-order valence-electron chi connectivity index (χ4n) is 2.42. The molecule has 1 N–H and O–H groups in total. The Balaban J connectivity index is 1.66. The number of nitrogens with zero attached hydrogens (tertiary/aromatic N) is 1. The molecule has 1 saturated carbocycles. The van der Waals surface area contributed by atoms with E-state index in [9.17, 15) is 9.18 Å². The Hall–Kier alpha value is -1.91. The normalized spacial score (nSPS) is 22.2. The molecule has 0 saturated heterocycles. The second-order valence-corrected chi connectivity index (χ2v) is 5.58. The predicted octanol–water partition coefficient (Wildman–Crippen LogP) is 2.87. The lowest BCUT2D eigenvalue weighted by atomic mass is 9.87. The summed E-state index contributed by atoms with van der Waals surface area (Å²) in [4.78, 5) is 16.6. The first-order valence-corrected chi connectivity index (χ1v) is 7.34. The highest BCUT2D eigenvalue weighted by Crippen LogP contribution is 2.23. The molecule has 0 aromatic heterocycles. The van der Waals surface area contributed by atoms with Crippen molar-refractivity contribution >= 4 is 12.1 Å². The zero-order valence-corrected chi connectivity index (χ0v) is 12.2. The maximum absolute atomic E-state index is 12.7. The average Bonchev–Trinajstić information content (AvgIpc) is 2.48. The van der Waals surface area contributed by atoms with Gasteiger partial charge in [0.25, 0.3) is 5.91 Å². The van der Waals surface area contributed by atoms with Crippen molar-refractivity contribution in [3.05, 3.63) is 35.6 Å². The van der Waals surface area contributed by atoms with E-state index in [1.165, 1.54) is 18.3 Å². The maximum Gasteiger partial charge on any atom is 0.260 e. The Kier molecular flexibility index (Phi) is 5.72. The summed E-state index contributed by atoms with van der Waals surface area (Å²) >= 11 is 0. The standard InChI is InChI=1S/C16H21FN2O2/c1-12-2-8-15(9-3-12)19-16(20)11-21-18-10-13-4-6-14(17)7-5-13/h4-7,10,12,15H,2-3,8-9,11H2,1H3,(H,19,20)/b18-10+. The van der Waals surface area contributed by atoms with Gasteiger partial charge in [0.15, 0.2) is 6.61 Å². The van der Waals surface area contributed by atoms with Crippen LogP contribution in [-0.4, -0.2) is 24.8 Å². The molecule has 0 heterocycles. The van der Waals surface area contributed by atoms with E-state index in [2.05, 4.69) is 17.4 Å². The summed E-state index contributed by atoms with van der Waals surface area (Å²) in [6.07, 6.45) is 5.84. The molecule has 0 aliphatic heterocycles. The quantitative estimate of drug-likeness (QED) is 0.670. The van der Waals surface area contributed by atoms with Crippen molar-refractivity contribution in [2.45, 2.75) is 38.6 Å². The Bertz CT molecular complexity index is 480. The van der Waals surface area contributed by atoms with Crippen molar-refractivity contribution < 1.29 is 14.0 Å². The van der Waals surface area contributed by atoms with E-state index >= 15 is 0 Å². The summed E-state index contributed by atoms with van der Waals surface area (Å²) in [5.41, 5.74) is 0.720. The van der Waals surface area contributed by atoms with Gasteiger partial charge in [0, 0.05) is 6.04 Å². The summed E-state index contributed by atoms with van der Waals surface area (Å²) in [5.74, 6) is 0.315. The Labute approximate surface area is 124 Å². The minimum atomic E-state index is -0.297. The van der Waals surface area contributed by atoms with Gasteiger partial charge >= 0.3 is 0 Å². The highest BCUT2D eigenvalue weighted by Gasteiger charge is 2.19. The summed E-state index contributed by atoms with van der Waals surface area (Å²) in [5, 5.41) is 6.67. The monoisotopic (exact) mass is 292 g/mol. The van der Waals surface area contributed by atoms with Crippen molar-refractivity contribution in [1.82, 2.24) is 5.32 Å². The number of rotatable bonds is 5. The van der Waals surface area contributed by atoms with Gasteiger partial charge in [-0.25, -0.2) is 4.39 Å². The third-order valence-corrected chi connectivity index (χ3v) is 3.72. The van der Waals surface area contributed by atoms with E-state index in [-0.39, 0.29) is 24.4 Å². The van der Waals surface area contributed by atoms with Crippen molar-refractivity contribution in [1.29, 1.82) is 0 Å². The van der Waals surface area contributed by atoms with Gasteiger partial charge in [-0.2, -0.15) is 0 Å². The van der Waals surface area contributed by atoms with E-state index in [1.807, 2.05) is 0 Å². The molecule has 4 nitrogen and oxygen atoms in total.